The SMILES string of the molecule is CC1CCC(C(C)C)C(NCC2CCCCC2C)C1. The van der Waals surface area contributed by atoms with Crippen LogP contribution in [-0.2, 0) is 0 Å². The minimum atomic E-state index is 0.790. The van der Waals surface area contributed by atoms with Crippen molar-refractivity contribution in [3.8, 4) is 0 Å². The van der Waals surface area contributed by atoms with Gasteiger partial charge >= 0.3 is 0 Å². The number of hydrogen-bond acceptors (Lipinski definition) is 1. The van der Waals surface area contributed by atoms with Crippen LogP contribution in [0, 0.1) is 29.6 Å². The number of rotatable bonds is 4. The molecule has 1 heteroatoms. The smallest absolute Gasteiger partial charge is 0.0100 e. The van der Waals surface area contributed by atoms with Crippen LogP contribution in [0.4, 0.5) is 0 Å². The molecular formula is C18H35N. The van der Waals surface area contributed by atoms with Gasteiger partial charge in [0.25, 0.3) is 0 Å². The van der Waals surface area contributed by atoms with Gasteiger partial charge in [0.05, 0.1) is 0 Å². The van der Waals surface area contributed by atoms with Gasteiger partial charge in [-0.2, -0.15) is 0 Å². The van der Waals surface area contributed by atoms with E-state index < -0.39 is 0 Å². The maximum atomic E-state index is 3.98. The summed E-state index contributed by atoms with van der Waals surface area (Å²) in [6.07, 6.45) is 10.1. The van der Waals surface area contributed by atoms with E-state index in [0.717, 1.165) is 35.6 Å². The molecule has 0 aromatic heterocycles. The third-order valence-corrected chi connectivity index (χ3v) is 5.95. The minimum absolute atomic E-state index is 0.790. The van der Waals surface area contributed by atoms with Crippen molar-refractivity contribution < 1.29 is 0 Å². The second kappa shape index (κ2) is 7.11. The molecular weight excluding hydrogens is 230 g/mol. The van der Waals surface area contributed by atoms with E-state index in [1.54, 1.807) is 0 Å². The molecule has 0 aliphatic heterocycles. The van der Waals surface area contributed by atoms with E-state index >= 15 is 0 Å². The first-order chi connectivity index (χ1) is 9.08. The van der Waals surface area contributed by atoms with E-state index in [-0.39, 0.29) is 0 Å². The highest BCUT2D eigenvalue weighted by molar-refractivity contribution is 4.86. The highest BCUT2D eigenvalue weighted by Crippen LogP contribution is 2.34. The maximum Gasteiger partial charge on any atom is 0.0100 e. The second-order valence-corrected chi connectivity index (χ2v) is 7.86. The molecule has 2 rings (SSSR count). The van der Waals surface area contributed by atoms with Crippen molar-refractivity contribution in [3.63, 3.8) is 0 Å². The van der Waals surface area contributed by atoms with Crippen LogP contribution >= 0.6 is 0 Å². The van der Waals surface area contributed by atoms with Crippen LogP contribution in [0.2, 0.25) is 0 Å². The zero-order chi connectivity index (χ0) is 13.8. The normalized spacial score (nSPS) is 40.6. The average molecular weight is 265 g/mol. The monoisotopic (exact) mass is 265 g/mol. The first kappa shape index (κ1) is 15.4. The number of nitrogens with one attached hydrogen (secondary N) is 1. The van der Waals surface area contributed by atoms with Gasteiger partial charge in [-0.15, -0.1) is 0 Å². The van der Waals surface area contributed by atoms with Crippen LogP contribution in [-0.4, -0.2) is 12.6 Å². The molecule has 2 fully saturated rings. The molecule has 2 aliphatic rings. The second-order valence-electron chi connectivity index (χ2n) is 7.86. The molecule has 0 aromatic carbocycles. The predicted octanol–water partition coefficient (Wildman–Crippen LogP) is 4.86. The van der Waals surface area contributed by atoms with Gasteiger partial charge in [0.15, 0.2) is 0 Å². The van der Waals surface area contributed by atoms with Crippen molar-refractivity contribution in [2.24, 2.45) is 29.6 Å². The molecule has 0 bridgehead atoms. The molecule has 2 saturated carbocycles. The lowest BCUT2D eigenvalue weighted by atomic mass is 9.73. The summed E-state index contributed by atoms with van der Waals surface area (Å²) in [5, 5.41) is 3.98. The molecule has 5 atom stereocenters. The Morgan fingerprint density at radius 1 is 1.00 bits per heavy atom. The van der Waals surface area contributed by atoms with Crippen molar-refractivity contribution in [2.45, 2.75) is 78.7 Å². The summed E-state index contributed by atoms with van der Waals surface area (Å²) in [4.78, 5) is 0. The minimum Gasteiger partial charge on any atom is -0.313 e. The summed E-state index contributed by atoms with van der Waals surface area (Å²) in [6, 6.07) is 0.790. The van der Waals surface area contributed by atoms with E-state index in [4.69, 9.17) is 0 Å². The van der Waals surface area contributed by atoms with E-state index in [9.17, 15) is 0 Å². The van der Waals surface area contributed by atoms with Gasteiger partial charge in [-0.05, 0) is 55.4 Å². The molecule has 0 saturated heterocycles. The Balaban J connectivity index is 1.84. The van der Waals surface area contributed by atoms with E-state index in [2.05, 4.69) is 33.0 Å². The van der Waals surface area contributed by atoms with Crippen LogP contribution in [0.5, 0.6) is 0 Å². The lowest BCUT2D eigenvalue weighted by Crippen LogP contribution is -2.45. The summed E-state index contributed by atoms with van der Waals surface area (Å²) in [6.45, 7) is 11.0. The van der Waals surface area contributed by atoms with Crippen molar-refractivity contribution in [1.29, 1.82) is 0 Å². The molecule has 1 N–H and O–H groups in total. The molecule has 0 amide bonds. The molecule has 0 radical (unpaired) electrons. The van der Waals surface area contributed by atoms with Crippen LogP contribution in [0.3, 0.4) is 0 Å². The zero-order valence-electron chi connectivity index (χ0n) is 13.6. The third-order valence-electron chi connectivity index (χ3n) is 5.95. The quantitative estimate of drug-likeness (QED) is 0.765. The van der Waals surface area contributed by atoms with Gasteiger partial charge in [-0.25, -0.2) is 0 Å². The lowest BCUT2D eigenvalue weighted by Gasteiger charge is -2.39. The van der Waals surface area contributed by atoms with Crippen LogP contribution < -0.4 is 5.32 Å². The summed E-state index contributed by atoms with van der Waals surface area (Å²) in [5.41, 5.74) is 0. The predicted molar refractivity (Wildman–Crippen MR) is 84.3 cm³/mol. The van der Waals surface area contributed by atoms with E-state index in [1.807, 2.05) is 0 Å². The standard InChI is InChI=1S/C18H35N/c1-13(2)17-10-9-14(3)11-18(17)19-12-16-8-6-5-7-15(16)4/h13-19H,5-12H2,1-4H3. The topological polar surface area (TPSA) is 12.0 Å². The van der Waals surface area contributed by atoms with Crippen LogP contribution in [0.25, 0.3) is 0 Å². The Bertz CT molecular complexity index is 260. The Kier molecular flexibility index (Phi) is 5.74. The molecule has 0 aromatic rings. The van der Waals surface area contributed by atoms with E-state index in [0.29, 0.717) is 0 Å². The Morgan fingerprint density at radius 2 is 1.74 bits per heavy atom. The zero-order valence-corrected chi connectivity index (χ0v) is 13.6. The van der Waals surface area contributed by atoms with Crippen molar-refractivity contribution in [1.82, 2.24) is 5.32 Å². The Hall–Kier alpha value is -0.0400. The molecule has 19 heavy (non-hydrogen) atoms. The van der Waals surface area contributed by atoms with Gasteiger partial charge in [-0.1, -0.05) is 53.4 Å². The highest BCUT2D eigenvalue weighted by Gasteiger charge is 2.31. The maximum absolute atomic E-state index is 3.98. The Morgan fingerprint density at radius 3 is 2.42 bits per heavy atom. The molecule has 5 unspecified atom stereocenters. The fourth-order valence-corrected chi connectivity index (χ4v) is 4.44. The molecule has 1 nitrogen and oxygen atoms in total. The summed E-state index contributed by atoms with van der Waals surface area (Å²) >= 11 is 0. The fourth-order valence-electron chi connectivity index (χ4n) is 4.44. The van der Waals surface area contributed by atoms with Crippen molar-refractivity contribution in [3.05, 3.63) is 0 Å². The Labute approximate surface area is 120 Å². The van der Waals surface area contributed by atoms with Crippen LogP contribution in [0.15, 0.2) is 0 Å². The first-order valence-corrected chi connectivity index (χ1v) is 8.81. The van der Waals surface area contributed by atoms with Gasteiger partial charge in [0.2, 0.25) is 0 Å². The summed E-state index contributed by atoms with van der Waals surface area (Å²) < 4.78 is 0. The highest BCUT2D eigenvalue weighted by atomic mass is 14.9. The van der Waals surface area contributed by atoms with Gasteiger partial charge in [-0.3, -0.25) is 0 Å². The lowest BCUT2D eigenvalue weighted by molar-refractivity contribution is 0.152. The largest absolute Gasteiger partial charge is 0.313 e. The van der Waals surface area contributed by atoms with E-state index in [1.165, 1.54) is 51.5 Å². The number of hydrogen-bond donors (Lipinski definition) is 1. The molecule has 0 heterocycles. The third kappa shape index (κ3) is 4.21. The van der Waals surface area contributed by atoms with Crippen LogP contribution in [0.1, 0.15) is 72.6 Å². The average Bonchev–Trinajstić information content (AvgIpc) is 2.37. The molecule has 112 valence electrons. The van der Waals surface area contributed by atoms with Gasteiger partial charge in [0, 0.05) is 6.04 Å². The summed E-state index contributed by atoms with van der Waals surface area (Å²) in [5.74, 6) is 4.57. The molecule has 0 spiro atoms. The van der Waals surface area contributed by atoms with Crippen molar-refractivity contribution in [2.75, 3.05) is 6.54 Å². The summed E-state index contributed by atoms with van der Waals surface area (Å²) in [7, 11) is 0. The first-order valence-electron chi connectivity index (χ1n) is 8.81. The van der Waals surface area contributed by atoms with Gasteiger partial charge < -0.3 is 5.32 Å². The fraction of sp³-hybridized carbons (Fsp3) is 1.00. The van der Waals surface area contributed by atoms with Gasteiger partial charge in [0.1, 0.15) is 0 Å². The molecule has 2 aliphatic carbocycles. The van der Waals surface area contributed by atoms with Crippen molar-refractivity contribution >= 4 is 0 Å².